The van der Waals surface area contributed by atoms with Crippen molar-refractivity contribution in [1.29, 1.82) is 0 Å². The third-order valence-corrected chi connectivity index (χ3v) is 3.60. The first-order valence-corrected chi connectivity index (χ1v) is 7.51. The van der Waals surface area contributed by atoms with Gasteiger partial charge in [0.2, 0.25) is 0 Å². The third-order valence-electron chi connectivity index (χ3n) is 3.37. The molecule has 1 aromatic heterocycles. The Hall–Kier alpha value is -2.66. The predicted molar refractivity (Wildman–Crippen MR) is 88.7 cm³/mol. The number of hydrogen-bond donors (Lipinski definition) is 1. The zero-order valence-corrected chi connectivity index (χ0v) is 13.3. The highest BCUT2D eigenvalue weighted by Crippen LogP contribution is 2.11. The summed E-state index contributed by atoms with van der Waals surface area (Å²) in [6.07, 6.45) is 1.61. The number of halogens is 1. The van der Waals surface area contributed by atoms with Gasteiger partial charge in [-0.15, -0.1) is 5.10 Å². The summed E-state index contributed by atoms with van der Waals surface area (Å²) in [6.45, 7) is 2.40. The molecule has 0 saturated carbocycles. The van der Waals surface area contributed by atoms with Gasteiger partial charge in [0.15, 0.2) is 5.69 Å². The minimum Gasteiger partial charge on any atom is -0.347 e. The smallest absolute Gasteiger partial charge is 0.273 e. The topological polar surface area (TPSA) is 59.8 Å². The number of hydrogen-bond acceptors (Lipinski definition) is 3. The van der Waals surface area contributed by atoms with Gasteiger partial charge < -0.3 is 5.32 Å². The molecule has 1 amide bonds. The summed E-state index contributed by atoms with van der Waals surface area (Å²) in [5, 5.41) is 11.4. The molecule has 0 saturated heterocycles. The molecule has 0 bridgehead atoms. The van der Waals surface area contributed by atoms with Gasteiger partial charge >= 0.3 is 0 Å². The Morgan fingerprint density at radius 2 is 2.00 bits per heavy atom. The van der Waals surface area contributed by atoms with E-state index < -0.39 is 0 Å². The number of carbonyl (C=O) groups excluding carboxylic acids is 1. The van der Waals surface area contributed by atoms with Gasteiger partial charge in [0.1, 0.15) is 0 Å². The minimum atomic E-state index is -0.275. The number of benzene rings is 2. The van der Waals surface area contributed by atoms with E-state index in [0.29, 0.717) is 11.6 Å². The summed E-state index contributed by atoms with van der Waals surface area (Å²) in [5.74, 6) is -0.275. The van der Waals surface area contributed by atoms with Crippen LogP contribution in [-0.4, -0.2) is 20.9 Å². The van der Waals surface area contributed by atoms with Crippen LogP contribution < -0.4 is 5.32 Å². The Labute approximate surface area is 138 Å². The molecule has 0 radical (unpaired) electrons. The summed E-state index contributed by atoms with van der Waals surface area (Å²) >= 11 is 5.92. The van der Waals surface area contributed by atoms with Gasteiger partial charge in [0, 0.05) is 11.6 Å². The number of amides is 1. The minimum absolute atomic E-state index is 0.271. The number of rotatable bonds is 4. The van der Waals surface area contributed by atoms with Crippen molar-refractivity contribution in [2.75, 3.05) is 0 Å². The second kappa shape index (κ2) is 6.62. The normalized spacial score (nSPS) is 10.5. The molecule has 0 fully saturated rings. The molecular formula is C17H15ClN4O. The van der Waals surface area contributed by atoms with E-state index in [2.05, 4.69) is 15.6 Å². The van der Waals surface area contributed by atoms with Crippen molar-refractivity contribution >= 4 is 17.5 Å². The molecule has 116 valence electrons. The maximum absolute atomic E-state index is 12.1. The molecule has 0 unspecified atom stereocenters. The van der Waals surface area contributed by atoms with Crippen LogP contribution in [0, 0.1) is 6.92 Å². The van der Waals surface area contributed by atoms with Crippen LogP contribution in [-0.2, 0) is 6.54 Å². The van der Waals surface area contributed by atoms with Crippen LogP contribution in [0.25, 0.3) is 5.69 Å². The molecule has 0 spiro atoms. The third kappa shape index (κ3) is 3.76. The van der Waals surface area contributed by atoms with E-state index in [4.69, 9.17) is 11.6 Å². The molecule has 23 heavy (non-hydrogen) atoms. The van der Waals surface area contributed by atoms with Crippen molar-refractivity contribution in [3.05, 3.63) is 76.6 Å². The van der Waals surface area contributed by atoms with Crippen molar-refractivity contribution in [2.24, 2.45) is 0 Å². The predicted octanol–water partition coefficient (Wildman–Crippen LogP) is 3.16. The Bertz CT molecular complexity index is 827. The van der Waals surface area contributed by atoms with Crippen LogP contribution in [0.3, 0.4) is 0 Å². The summed E-state index contributed by atoms with van der Waals surface area (Å²) in [6, 6.07) is 15.2. The molecule has 0 aliphatic rings. The maximum atomic E-state index is 12.1. The standard InChI is InChI=1S/C17H15ClN4O/c1-12-5-7-15(8-6-12)22-11-16(20-21-22)17(23)19-10-13-3-2-4-14(18)9-13/h2-9,11H,10H2,1H3,(H,19,23). The number of nitrogens with zero attached hydrogens (tertiary/aromatic N) is 3. The fraction of sp³-hybridized carbons (Fsp3) is 0.118. The number of aryl methyl sites for hydroxylation is 1. The largest absolute Gasteiger partial charge is 0.347 e. The van der Waals surface area contributed by atoms with Crippen LogP contribution in [0.1, 0.15) is 21.6 Å². The molecule has 3 rings (SSSR count). The van der Waals surface area contributed by atoms with E-state index >= 15 is 0 Å². The van der Waals surface area contributed by atoms with Crippen LogP contribution in [0.5, 0.6) is 0 Å². The van der Waals surface area contributed by atoms with E-state index in [1.54, 1.807) is 16.9 Å². The second-order valence-electron chi connectivity index (χ2n) is 5.20. The van der Waals surface area contributed by atoms with Crippen LogP contribution in [0.15, 0.2) is 54.7 Å². The quantitative estimate of drug-likeness (QED) is 0.801. The van der Waals surface area contributed by atoms with Crippen molar-refractivity contribution in [2.45, 2.75) is 13.5 Å². The summed E-state index contributed by atoms with van der Waals surface area (Å²) < 4.78 is 1.58. The summed E-state index contributed by atoms with van der Waals surface area (Å²) in [4.78, 5) is 12.1. The summed E-state index contributed by atoms with van der Waals surface area (Å²) in [7, 11) is 0. The molecule has 0 atom stereocenters. The Morgan fingerprint density at radius 1 is 1.22 bits per heavy atom. The average molecular weight is 327 g/mol. The van der Waals surface area contributed by atoms with Crippen molar-refractivity contribution in [3.8, 4) is 5.69 Å². The molecule has 0 aliphatic carbocycles. The Kier molecular flexibility index (Phi) is 4.39. The van der Waals surface area contributed by atoms with E-state index in [9.17, 15) is 4.79 Å². The van der Waals surface area contributed by atoms with Crippen LogP contribution in [0.2, 0.25) is 5.02 Å². The Balaban J connectivity index is 1.67. The zero-order chi connectivity index (χ0) is 16.2. The molecule has 1 heterocycles. The average Bonchev–Trinajstić information content (AvgIpc) is 3.03. The van der Waals surface area contributed by atoms with E-state index in [1.165, 1.54) is 0 Å². The van der Waals surface area contributed by atoms with Crippen molar-refractivity contribution in [1.82, 2.24) is 20.3 Å². The molecular weight excluding hydrogens is 312 g/mol. The SMILES string of the molecule is Cc1ccc(-n2cc(C(=O)NCc3cccc(Cl)c3)nn2)cc1. The lowest BCUT2D eigenvalue weighted by Crippen LogP contribution is -2.23. The lowest BCUT2D eigenvalue weighted by molar-refractivity contribution is 0.0946. The van der Waals surface area contributed by atoms with Gasteiger partial charge in [0.25, 0.3) is 5.91 Å². The van der Waals surface area contributed by atoms with Gasteiger partial charge in [-0.2, -0.15) is 0 Å². The maximum Gasteiger partial charge on any atom is 0.273 e. The first-order chi connectivity index (χ1) is 11.1. The number of aromatic nitrogens is 3. The molecule has 2 aromatic carbocycles. The zero-order valence-electron chi connectivity index (χ0n) is 12.5. The number of carbonyl (C=O) groups is 1. The fourth-order valence-corrected chi connectivity index (χ4v) is 2.32. The molecule has 1 N–H and O–H groups in total. The van der Waals surface area contributed by atoms with Crippen LogP contribution >= 0.6 is 11.6 Å². The highest BCUT2D eigenvalue weighted by atomic mass is 35.5. The number of nitrogens with one attached hydrogen (secondary N) is 1. The molecule has 5 nitrogen and oxygen atoms in total. The van der Waals surface area contributed by atoms with E-state index in [0.717, 1.165) is 16.8 Å². The molecule has 3 aromatic rings. The van der Waals surface area contributed by atoms with E-state index in [-0.39, 0.29) is 11.6 Å². The van der Waals surface area contributed by atoms with Gasteiger partial charge in [-0.1, -0.05) is 46.6 Å². The highest BCUT2D eigenvalue weighted by molar-refractivity contribution is 6.30. The first-order valence-electron chi connectivity index (χ1n) is 7.14. The van der Waals surface area contributed by atoms with Crippen molar-refractivity contribution < 1.29 is 4.79 Å². The highest BCUT2D eigenvalue weighted by Gasteiger charge is 2.11. The van der Waals surface area contributed by atoms with Gasteiger partial charge in [-0.3, -0.25) is 4.79 Å². The molecule has 0 aliphatic heterocycles. The lowest BCUT2D eigenvalue weighted by Gasteiger charge is -2.03. The van der Waals surface area contributed by atoms with Gasteiger partial charge in [-0.25, -0.2) is 4.68 Å². The summed E-state index contributed by atoms with van der Waals surface area (Å²) in [5.41, 5.74) is 3.22. The van der Waals surface area contributed by atoms with Crippen LogP contribution in [0.4, 0.5) is 0 Å². The fourth-order valence-electron chi connectivity index (χ4n) is 2.11. The first kappa shape index (κ1) is 15.2. The monoisotopic (exact) mass is 326 g/mol. The molecule has 6 heteroatoms. The lowest BCUT2D eigenvalue weighted by atomic mass is 10.2. The second-order valence-corrected chi connectivity index (χ2v) is 5.63. The van der Waals surface area contributed by atoms with E-state index in [1.807, 2.05) is 49.4 Å². The van der Waals surface area contributed by atoms with Crippen molar-refractivity contribution in [3.63, 3.8) is 0 Å². The Morgan fingerprint density at radius 3 is 2.74 bits per heavy atom. The van der Waals surface area contributed by atoms with Gasteiger partial charge in [0.05, 0.1) is 11.9 Å². The van der Waals surface area contributed by atoms with Gasteiger partial charge in [-0.05, 0) is 36.8 Å².